The Kier molecular flexibility index (Phi) is 5.64. The van der Waals surface area contributed by atoms with Crippen molar-refractivity contribution in [1.82, 2.24) is 0 Å². The van der Waals surface area contributed by atoms with Crippen LogP contribution in [0.5, 0.6) is 0 Å². The number of rotatable bonds is 4. The number of benzene rings is 1. The minimum Gasteiger partial charge on any atom is -0.326 e. The van der Waals surface area contributed by atoms with E-state index in [2.05, 4.69) is 53.1 Å². The molecule has 0 heterocycles. The highest BCUT2D eigenvalue weighted by molar-refractivity contribution is 9.11. The number of ketones is 1. The molecule has 86 valence electrons. The van der Waals surface area contributed by atoms with Gasteiger partial charge >= 0.3 is 0 Å². The van der Waals surface area contributed by atoms with Crippen LogP contribution in [0.2, 0.25) is 0 Å². The fourth-order valence-electron chi connectivity index (χ4n) is 1.06. The summed E-state index contributed by atoms with van der Waals surface area (Å²) in [5, 5.41) is 2.85. The van der Waals surface area contributed by atoms with Crippen LogP contribution in [0.4, 0.5) is 5.69 Å². The van der Waals surface area contributed by atoms with Crippen LogP contribution in [0, 0.1) is 0 Å². The summed E-state index contributed by atoms with van der Waals surface area (Å²) in [6.07, 6.45) is -0.116. The molecule has 1 aromatic carbocycles. The SMILES string of the molecule is O=C(CBr)CC(=O)Nc1cc(Br)cc(Br)c1. The molecule has 1 N–H and O–H groups in total. The molecule has 0 fully saturated rings. The first kappa shape index (κ1) is 13.9. The Morgan fingerprint density at radius 1 is 1.12 bits per heavy atom. The van der Waals surface area contributed by atoms with Gasteiger partial charge in [-0.2, -0.15) is 0 Å². The molecule has 0 aromatic heterocycles. The number of anilines is 1. The number of hydrogen-bond donors (Lipinski definition) is 1. The van der Waals surface area contributed by atoms with E-state index in [9.17, 15) is 9.59 Å². The number of amides is 1. The van der Waals surface area contributed by atoms with Crippen molar-refractivity contribution in [3.63, 3.8) is 0 Å². The first-order valence-corrected chi connectivity index (χ1v) is 7.05. The Morgan fingerprint density at radius 3 is 2.19 bits per heavy atom. The van der Waals surface area contributed by atoms with Crippen molar-refractivity contribution >= 4 is 65.2 Å². The first-order valence-electron chi connectivity index (χ1n) is 4.35. The predicted molar refractivity (Wildman–Crippen MR) is 73.9 cm³/mol. The van der Waals surface area contributed by atoms with Crippen molar-refractivity contribution in [2.24, 2.45) is 0 Å². The van der Waals surface area contributed by atoms with Crippen LogP contribution in [0.3, 0.4) is 0 Å². The molecule has 0 aliphatic rings. The monoisotopic (exact) mass is 411 g/mol. The zero-order chi connectivity index (χ0) is 12.1. The Bertz CT molecular complexity index is 400. The van der Waals surface area contributed by atoms with Crippen molar-refractivity contribution in [1.29, 1.82) is 0 Å². The Labute approximate surface area is 118 Å². The van der Waals surface area contributed by atoms with Gasteiger partial charge in [0.2, 0.25) is 5.91 Å². The molecule has 3 nitrogen and oxygen atoms in total. The molecular formula is C10H8Br3NO2. The summed E-state index contributed by atoms with van der Waals surface area (Å²) < 4.78 is 1.70. The Balaban J connectivity index is 2.66. The summed E-state index contributed by atoms with van der Waals surface area (Å²) in [7, 11) is 0. The van der Waals surface area contributed by atoms with E-state index in [-0.39, 0.29) is 23.4 Å². The third-order valence-corrected chi connectivity index (χ3v) is 3.19. The second-order valence-electron chi connectivity index (χ2n) is 3.06. The van der Waals surface area contributed by atoms with Gasteiger partial charge in [0.15, 0.2) is 5.78 Å². The van der Waals surface area contributed by atoms with Crippen LogP contribution in [-0.4, -0.2) is 17.0 Å². The van der Waals surface area contributed by atoms with Crippen LogP contribution in [0.25, 0.3) is 0 Å². The average molecular weight is 414 g/mol. The molecule has 0 saturated carbocycles. The van der Waals surface area contributed by atoms with Gasteiger partial charge < -0.3 is 5.32 Å². The van der Waals surface area contributed by atoms with Crippen LogP contribution < -0.4 is 5.32 Å². The summed E-state index contributed by atoms with van der Waals surface area (Å²) in [6, 6.07) is 5.39. The zero-order valence-electron chi connectivity index (χ0n) is 8.10. The third-order valence-electron chi connectivity index (χ3n) is 1.65. The second kappa shape index (κ2) is 6.51. The molecule has 1 aromatic rings. The van der Waals surface area contributed by atoms with Gasteiger partial charge in [0.25, 0.3) is 0 Å². The van der Waals surface area contributed by atoms with Crippen molar-refractivity contribution in [3.05, 3.63) is 27.1 Å². The van der Waals surface area contributed by atoms with E-state index in [1.165, 1.54) is 0 Å². The van der Waals surface area contributed by atoms with Crippen LogP contribution in [0.1, 0.15) is 6.42 Å². The van der Waals surface area contributed by atoms with Gasteiger partial charge in [-0.05, 0) is 18.2 Å². The second-order valence-corrected chi connectivity index (χ2v) is 5.45. The number of nitrogens with one attached hydrogen (secondary N) is 1. The molecule has 0 aliphatic carbocycles. The van der Waals surface area contributed by atoms with Crippen molar-refractivity contribution < 1.29 is 9.59 Å². The van der Waals surface area contributed by atoms with E-state index < -0.39 is 0 Å². The van der Waals surface area contributed by atoms with E-state index in [1.807, 2.05) is 6.07 Å². The molecule has 0 atom stereocenters. The maximum Gasteiger partial charge on any atom is 0.231 e. The number of carbonyl (C=O) groups is 2. The average Bonchev–Trinajstić information content (AvgIpc) is 2.15. The lowest BCUT2D eigenvalue weighted by Crippen LogP contribution is -2.16. The Hall–Kier alpha value is -0.200. The number of hydrogen-bond acceptors (Lipinski definition) is 2. The molecule has 6 heteroatoms. The highest BCUT2D eigenvalue weighted by Gasteiger charge is 2.08. The summed E-state index contributed by atoms with van der Waals surface area (Å²) in [5.74, 6) is -0.457. The van der Waals surface area contributed by atoms with Crippen molar-refractivity contribution in [3.8, 4) is 0 Å². The summed E-state index contributed by atoms with van der Waals surface area (Å²) in [5.41, 5.74) is 0.647. The number of alkyl halides is 1. The third kappa shape index (κ3) is 4.76. The maximum absolute atomic E-state index is 11.4. The first-order chi connectivity index (χ1) is 7.51. The summed E-state index contributed by atoms with van der Waals surface area (Å²) in [6.45, 7) is 0. The minimum absolute atomic E-state index is 0.116. The van der Waals surface area contributed by atoms with E-state index in [0.29, 0.717) is 5.69 Å². The van der Waals surface area contributed by atoms with E-state index in [1.54, 1.807) is 12.1 Å². The fraction of sp³-hybridized carbons (Fsp3) is 0.200. The molecule has 0 bridgehead atoms. The predicted octanol–water partition coefficient (Wildman–Crippen LogP) is 3.50. The van der Waals surface area contributed by atoms with Gasteiger partial charge in [0.1, 0.15) is 0 Å². The standard InChI is InChI=1S/C10H8Br3NO2/c11-5-9(15)4-10(16)14-8-2-6(12)1-7(13)3-8/h1-3H,4-5H2,(H,14,16). The van der Waals surface area contributed by atoms with Gasteiger partial charge in [-0.25, -0.2) is 0 Å². The lowest BCUT2D eigenvalue weighted by molar-refractivity contribution is -0.123. The van der Waals surface area contributed by atoms with Crippen LogP contribution in [0.15, 0.2) is 27.1 Å². The molecule has 0 radical (unpaired) electrons. The molecule has 0 unspecified atom stereocenters. The number of Topliss-reactive ketones (excluding diaryl/α,β-unsaturated/α-hetero) is 1. The highest BCUT2D eigenvalue weighted by Crippen LogP contribution is 2.23. The minimum atomic E-state index is -0.311. The normalized spacial score (nSPS) is 9.94. The lowest BCUT2D eigenvalue weighted by Gasteiger charge is -2.05. The molecule has 0 saturated heterocycles. The van der Waals surface area contributed by atoms with Gasteiger partial charge in [-0.15, -0.1) is 0 Å². The molecule has 1 rings (SSSR count). The molecule has 0 aliphatic heterocycles. The lowest BCUT2D eigenvalue weighted by atomic mass is 10.2. The summed E-state index contributed by atoms with van der Waals surface area (Å²) >= 11 is 9.63. The quantitative estimate of drug-likeness (QED) is 0.606. The molecule has 0 spiro atoms. The van der Waals surface area contributed by atoms with Crippen molar-refractivity contribution in [2.75, 3.05) is 10.6 Å². The molecule has 16 heavy (non-hydrogen) atoms. The zero-order valence-corrected chi connectivity index (χ0v) is 12.9. The Morgan fingerprint density at radius 2 is 1.69 bits per heavy atom. The smallest absolute Gasteiger partial charge is 0.231 e. The fourth-order valence-corrected chi connectivity index (χ4v) is 2.55. The molecular weight excluding hydrogens is 406 g/mol. The number of carbonyl (C=O) groups excluding carboxylic acids is 2. The van der Waals surface area contributed by atoms with Gasteiger partial charge in [-0.1, -0.05) is 47.8 Å². The van der Waals surface area contributed by atoms with Gasteiger partial charge in [0.05, 0.1) is 11.8 Å². The van der Waals surface area contributed by atoms with E-state index in [0.717, 1.165) is 8.95 Å². The van der Waals surface area contributed by atoms with Crippen molar-refractivity contribution in [2.45, 2.75) is 6.42 Å². The topological polar surface area (TPSA) is 46.2 Å². The largest absolute Gasteiger partial charge is 0.326 e. The molecule has 1 amide bonds. The van der Waals surface area contributed by atoms with Crippen LogP contribution >= 0.6 is 47.8 Å². The van der Waals surface area contributed by atoms with Gasteiger partial charge in [-0.3, -0.25) is 9.59 Å². The van der Waals surface area contributed by atoms with E-state index in [4.69, 9.17) is 0 Å². The van der Waals surface area contributed by atoms with E-state index >= 15 is 0 Å². The highest BCUT2D eigenvalue weighted by atomic mass is 79.9. The summed E-state index contributed by atoms with van der Waals surface area (Å²) in [4.78, 5) is 22.4. The number of halogens is 3. The van der Waals surface area contributed by atoms with Gasteiger partial charge in [0, 0.05) is 14.6 Å². The van der Waals surface area contributed by atoms with Crippen LogP contribution in [-0.2, 0) is 9.59 Å². The maximum atomic E-state index is 11.4.